The van der Waals surface area contributed by atoms with E-state index in [1.807, 2.05) is 0 Å². The van der Waals surface area contributed by atoms with Crippen LogP contribution in [-0.4, -0.2) is 53.1 Å². The molecule has 0 spiro atoms. The van der Waals surface area contributed by atoms with Crippen molar-refractivity contribution in [2.75, 3.05) is 7.05 Å². The normalized spacial score (nSPS) is 38.8. The van der Waals surface area contributed by atoms with Crippen LogP contribution in [-0.2, 0) is 4.79 Å². The predicted molar refractivity (Wildman–Crippen MR) is 97.9 cm³/mol. The average Bonchev–Trinajstić information content (AvgIpc) is 3.21. The Morgan fingerprint density at radius 3 is 2.88 bits per heavy atom. The van der Waals surface area contributed by atoms with Crippen LogP contribution in [0.3, 0.4) is 0 Å². The molecule has 5 heteroatoms. The van der Waals surface area contributed by atoms with Gasteiger partial charge in [-0.25, -0.2) is 0 Å². The van der Waals surface area contributed by atoms with E-state index in [0.717, 1.165) is 31.3 Å². The highest BCUT2D eigenvalue weighted by molar-refractivity contribution is 5.95. The summed E-state index contributed by atoms with van der Waals surface area (Å²) in [5, 5.41) is 4.27. The van der Waals surface area contributed by atoms with Crippen molar-refractivity contribution >= 4 is 12.1 Å². The van der Waals surface area contributed by atoms with Crippen LogP contribution in [0.2, 0.25) is 0 Å². The van der Waals surface area contributed by atoms with Crippen molar-refractivity contribution in [1.29, 1.82) is 0 Å². The van der Waals surface area contributed by atoms with Gasteiger partial charge in [-0.3, -0.25) is 4.79 Å². The summed E-state index contributed by atoms with van der Waals surface area (Å²) < 4.78 is 0. The highest BCUT2D eigenvalue weighted by Gasteiger charge is 2.45. The molecule has 5 aliphatic rings. The molecule has 0 radical (unpaired) electrons. The number of hydrazone groups is 1. The molecule has 1 amide bonds. The number of hydrogen-bond donors (Lipinski definition) is 1. The molecule has 0 saturated heterocycles. The van der Waals surface area contributed by atoms with E-state index in [-0.39, 0.29) is 6.04 Å². The molecule has 0 aromatic heterocycles. The lowest BCUT2D eigenvalue weighted by molar-refractivity contribution is -0.131. The summed E-state index contributed by atoms with van der Waals surface area (Å²) in [6, 6.07) is 1.61. The number of amides is 1. The Labute approximate surface area is 149 Å². The van der Waals surface area contributed by atoms with Crippen molar-refractivity contribution in [3.63, 3.8) is 0 Å². The van der Waals surface area contributed by atoms with E-state index in [0.29, 0.717) is 35.9 Å². The molecule has 3 aliphatic carbocycles. The summed E-state index contributed by atoms with van der Waals surface area (Å²) >= 11 is 0. The van der Waals surface area contributed by atoms with Crippen LogP contribution in [0.25, 0.3) is 0 Å². The number of carbonyl (C=O) groups excluding carboxylic acids is 1. The van der Waals surface area contributed by atoms with Crippen LogP contribution >= 0.6 is 0 Å². The summed E-state index contributed by atoms with van der Waals surface area (Å²) in [7, 11) is 2.11. The van der Waals surface area contributed by atoms with E-state index >= 15 is 0 Å². The van der Waals surface area contributed by atoms with Crippen LogP contribution in [0.5, 0.6) is 0 Å². The molecule has 1 N–H and O–H groups in total. The Morgan fingerprint density at radius 2 is 2.04 bits per heavy atom. The smallest absolute Gasteiger partial charge is 0.252 e. The highest BCUT2D eigenvalue weighted by Crippen LogP contribution is 2.40. The number of fused-ring (bicyclic) bond motifs is 2. The van der Waals surface area contributed by atoms with Gasteiger partial charge in [0.2, 0.25) is 0 Å². The molecule has 2 saturated carbocycles. The van der Waals surface area contributed by atoms with Gasteiger partial charge in [-0.2, -0.15) is 5.10 Å². The average molecular weight is 340 g/mol. The van der Waals surface area contributed by atoms with Gasteiger partial charge >= 0.3 is 0 Å². The lowest BCUT2D eigenvalue weighted by Crippen LogP contribution is -2.50. The largest absolute Gasteiger partial charge is 0.373 e. The third-order valence-electron chi connectivity index (χ3n) is 6.79. The Balaban J connectivity index is 1.38. The lowest BCUT2D eigenvalue weighted by atomic mass is 9.81. The standard InChI is InChI=1S/C20H28N4O/c1-23-10-9-13-3-2-4-17(19(13)23)20(25)24(15-5-6-15)16-7-8-18-14(11-16)12-21-22-18/h4,9-10,12-16,18-19,22H,2-3,5-8,11H2,1H3. The number of rotatable bonds is 3. The second-order valence-corrected chi connectivity index (χ2v) is 8.44. The number of hydrogen-bond acceptors (Lipinski definition) is 4. The molecular weight excluding hydrogens is 312 g/mol. The Bertz CT molecular complexity index is 650. The first kappa shape index (κ1) is 15.5. The summed E-state index contributed by atoms with van der Waals surface area (Å²) in [6.45, 7) is 0. The van der Waals surface area contributed by atoms with E-state index in [4.69, 9.17) is 0 Å². The Hall–Kier alpha value is -1.78. The molecule has 0 aromatic carbocycles. The fourth-order valence-electron chi connectivity index (χ4n) is 5.34. The third kappa shape index (κ3) is 2.59. The van der Waals surface area contributed by atoms with Gasteiger partial charge in [-0.15, -0.1) is 0 Å². The van der Waals surface area contributed by atoms with Gasteiger partial charge in [0.05, 0.1) is 12.1 Å². The monoisotopic (exact) mass is 340 g/mol. The molecule has 0 aromatic rings. The summed E-state index contributed by atoms with van der Waals surface area (Å²) in [5.74, 6) is 1.33. The maximum absolute atomic E-state index is 13.6. The fourth-order valence-corrected chi connectivity index (χ4v) is 5.34. The lowest BCUT2D eigenvalue weighted by Gasteiger charge is -2.41. The minimum Gasteiger partial charge on any atom is -0.373 e. The molecule has 5 atom stereocenters. The number of allylic oxidation sites excluding steroid dienone is 1. The van der Waals surface area contributed by atoms with Crippen LogP contribution in [0.1, 0.15) is 44.9 Å². The van der Waals surface area contributed by atoms with Gasteiger partial charge in [0.1, 0.15) is 0 Å². The first-order valence-electron chi connectivity index (χ1n) is 9.94. The molecule has 134 valence electrons. The second-order valence-electron chi connectivity index (χ2n) is 8.44. The minimum absolute atomic E-state index is 0.258. The molecule has 2 heterocycles. The number of carbonyl (C=O) groups is 1. The number of nitrogens with one attached hydrogen (secondary N) is 1. The van der Waals surface area contributed by atoms with Crippen LogP contribution < -0.4 is 5.43 Å². The van der Waals surface area contributed by atoms with E-state index in [2.05, 4.69) is 51.9 Å². The van der Waals surface area contributed by atoms with Gasteiger partial charge in [0.15, 0.2) is 0 Å². The zero-order valence-corrected chi connectivity index (χ0v) is 15.0. The molecule has 5 unspecified atom stereocenters. The third-order valence-corrected chi connectivity index (χ3v) is 6.79. The first-order valence-corrected chi connectivity index (χ1v) is 9.94. The molecule has 5 rings (SSSR count). The highest BCUT2D eigenvalue weighted by atomic mass is 16.2. The van der Waals surface area contributed by atoms with Crippen molar-refractivity contribution < 1.29 is 4.79 Å². The summed E-state index contributed by atoms with van der Waals surface area (Å²) in [4.78, 5) is 18.1. The number of likely N-dealkylation sites (N-methyl/N-ethyl adjacent to an activating group) is 1. The van der Waals surface area contributed by atoms with Crippen LogP contribution in [0, 0.1) is 11.8 Å². The molecule has 0 bridgehead atoms. The number of nitrogens with zero attached hydrogens (tertiary/aromatic N) is 3. The van der Waals surface area contributed by atoms with Gasteiger partial charge in [-0.1, -0.05) is 12.2 Å². The first-order chi connectivity index (χ1) is 12.2. The van der Waals surface area contributed by atoms with Crippen LogP contribution in [0.4, 0.5) is 0 Å². The maximum atomic E-state index is 13.6. The zero-order valence-electron chi connectivity index (χ0n) is 15.0. The molecule has 5 nitrogen and oxygen atoms in total. The minimum atomic E-state index is 0.258. The van der Waals surface area contributed by atoms with Crippen molar-refractivity contribution in [1.82, 2.24) is 15.2 Å². The Morgan fingerprint density at radius 1 is 1.20 bits per heavy atom. The zero-order chi connectivity index (χ0) is 17.0. The molecule has 2 fully saturated rings. The van der Waals surface area contributed by atoms with E-state index in [1.54, 1.807) is 0 Å². The molecule has 2 aliphatic heterocycles. The topological polar surface area (TPSA) is 47.9 Å². The van der Waals surface area contributed by atoms with Crippen molar-refractivity contribution in [2.24, 2.45) is 16.9 Å². The molecule has 25 heavy (non-hydrogen) atoms. The van der Waals surface area contributed by atoms with Crippen molar-refractivity contribution in [3.8, 4) is 0 Å². The molecular formula is C20H28N4O. The predicted octanol–water partition coefficient (Wildman–Crippen LogP) is 2.27. The SMILES string of the molecule is CN1C=CC2CCC=C(C(=O)N(C3CC3)C3CCC4NN=CC4C3)C21. The van der Waals surface area contributed by atoms with Gasteiger partial charge in [0, 0.05) is 42.8 Å². The van der Waals surface area contributed by atoms with Gasteiger partial charge in [0.25, 0.3) is 5.91 Å². The van der Waals surface area contributed by atoms with Gasteiger partial charge in [-0.05, 0) is 51.1 Å². The quantitative estimate of drug-likeness (QED) is 0.857. The van der Waals surface area contributed by atoms with E-state index < -0.39 is 0 Å². The second kappa shape index (κ2) is 5.89. The summed E-state index contributed by atoms with van der Waals surface area (Å²) in [6.07, 6.45) is 16.6. The van der Waals surface area contributed by atoms with Crippen molar-refractivity contribution in [3.05, 3.63) is 23.9 Å². The van der Waals surface area contributed by atoms with Crippen LogP contribution in [0.15, 0.2) is 29.0 Å². The van der Waals surface area contributed by atoms with Crippen molar-refractivity contribution in [2.45, 2.75) is 69.1 Å². The van der Waals surface area contributed by atoms with E-state index in [9.17, 15) is 4.79 Å². The van der Waals surface area contributed by atoms with E-state index in [1.165, 1.54) is 19.3 Å². The van der Waals surface area contributed by atoms with Gasteiger partial charge < -0.3 is 15.2 Å². The fraction of sp³-hybridized carbons (Fsp3) is 0.700. The maximum Gasteiger partial charge on any atom is 0.252 e. The Kier molecular flexibility index (Phi) is 3.64. The summed E-state index contributed by atoms with van der Waals surface area (Å²) in [5.41, 5.74) is 4.28.